The van der Waals surface area contributed by atoms with Gasteiger partial charge in [-0.15, -0.1) is 0 Å². The van der Waals surface area contributed by atoms with Crippen molar-refractivity contribution in [2.24, 2.45) is 5.92 Å². The molecule has 13 heteroatoms. The minimum absolute atomic E-state index is 0.0146. The summed E-state index contributed by atoms with van der Waals surface area (Å²) in [6.45, 7) is 3.44. The summed E-state index contributed by atoms with van der Waals surface area (Å²) in [6.07, 6.45) is 1.03. The molecule has 1 N–H and O–H groups in total. The lowest BCUT2D eigenvalue weighted by atomic mass is 10.0. The van der Waals surface area contributed by atoms with Gasteiger partial charge in [-0.1, -0.05) is 67.9 Å². The summed E-state index contributed by atoms with van der Waals surface area (Å²) in [5, 5.41) is 14.8. The molecule has 0 unspecified atom stereocenters. The van der Waals surface area contributed by atoms with Gasteiger partial charge in [0.1, 0.15) is 24.0 Å². The molecule has 0 saturated heterocycles. The van der Waals surface area contributed by atoms with E-state index in [9.17, 15) is 28.1 Å². The van der Waals surface area contributed by atoms with Crippen molar-refractivity contribution in [3.05, 3.63) is 99.1 Å². The molecular formula is C30H35ClN4O7S. The van der Waals surface area contributed by atoms with Gasteiger partial charge in [0.15, 0.2) is 0 Å². The van der Waals surface area contributed by atoms with Crippen LogP contribution in [0.1, 0.15) is 25.0 Å². The largest absolute Gasteiger partial charge is 0.495 e. The number of halogens is 1. The molecule has 3 rings (SSSR count). The van der Waals surface area contributed by atoms with E-state index >= 15 is 0 Å². The Morgan fingerprint density at radius 3 is 2.28 bits per heavy atom. The minimum Gasteiger partial charge on any atom is -0.495 e. The van der Waals surface area contributed by atoms with E-state index in [0.717, 1.165) is 22.2 Å². The third-order valence-corrected chi connectivity index (χ3v) is 7.88. The third-order valence-electron chi connectivity index (χ3n) is 6.52. The lowest BCUT2D eigenvalue weighted by molar-refractivity contribution is -0.384. The van der Waals surface area contributed by atoms with Gasteiger partial charge in [-0.05, 0) is 35.2 Å². The van der Waals surface area contributed by atoms with Crippen molar-refractivity contribution in [3.63, 3.8) is 0 Å². The van der Waals surface area contributed by atoms with Gasteiger partial charge in [0.05, 0.1) is 18.3 Å². The molecule has 3 aromatic carbocycles. The van der Waals surface area contributed by atoms with Crippen LogP contribution in [0.3, 0.4) is 0 Å². The average Bonchev–Trinajstić information content (AvgIpc) is 2.95. The number of amides is 2. The molecule has 0 radical (unpaired) electrons. The van der Waals surface area contributed by atoms with Gasteiger partial charge in [-0.25, -0.2) is 8.42 Å². The highest BCUT2D eigenvalue weighted by Crippen LogP contribution is 2.34. The molecule has 230 valence electrons. The second-order valence-electron chi connectivity index (χ2n) is 10.4. The highest BCUT2D eigenvalue weighted by atomic mass is 35.5. The molecular weight excluding hydrogens is 596 g/mol. The topological polar surface area (TPSA) is 139 Å². The van der Waals surface area contributed by atoms with E-state index in [0.29, 0.717) is 17.1 Å². The molecule has 0 aromatic heterocycles. The summed E-state index contributed by atoms with van der Waals surface area (Å²) in [7, 11) is -2.88. The zero-order valence-electron chi connectivity index (χ0n) is 24.4. The predicted molar refractivity (Wildman–Crippen MR) is 166 cm³/mol. The van der Waals surface area contributed by atoms with Crippen molar-refractivity contribution in [1.82, 2.24) is 10.2 Å². The van der Waals surface area contributed by atoms with Crippen LogP contribution in [0.15, 0.2) is 72.8 Å². The number of nitro groups is 1. The number of hydrogen-bond donors (Lipinski definition) is 1. The first-order valence-electron chi connectivity index (χ1n) is 13.5. The number of hydrogen-bond acceptors (Lipinski definition) is 7. The van der Waals surface area contributed by atoms with Gasteiger partial charge in [0.25, 0.3) is 5.69 Å². The van der Waals surface area contributed by atoms with Gasteiger partial charge in [-0.3, -0.25) is 24.0 Å². The van der Waals surface area contributed by atoms with E-state index in [-0.39, 0.29) is 36.0 Å². The monoisotopic (exact) mass is 630 g/mol. The number of nitrogens with zero attached hydrogens (tertiary/aromatic N) is 3. The van der Waals surface area contributed by atoms with Crippen LogP contribution < -0.4 is 14.4 Å². The number of non-ortho nitro benzene ring substituents is 1. The number of anilines is 1. The number of methoxy groups -OCH3 is 1. The van der Waals surface area contributed by atoms with E-state index < -0.39 is 39.3 Å². The Hall–Kier alpha value is -4.16. The van der Waals surface area contributed by atoms with Crippen molar-refractivity contribution < 1.29 is 27.7 Å². The van der Waals surface area contributed by atoms with Crippen LogP contribution in [0.4, 0.5) is 11.4 Å². The van der Waals surface area contributed by atoms with E-state index in [1.54, 1.807) is 24.3 Å². The molecule has 0 bridgehead atoms. The van der Waals surface area contributed by atoms with Crippen molar-refractivity contribution >= 4 is 44.8 Å². The summed E-state index contributed by atoms with van der Waals surface area (Å²) in [5.74, 6) is -0.965. The first kappa shape index (κ1) is 33.3. The van der Waals surface area contributed by atoms with E-state index in [4.69, 9.17) is 16.3 Å². The number of nitrogens with one attached hydrogen (secondary N) is 1. The Bertz CT molecular complexity index is 1550. The van der Waals surface area contributed by atoms with Crippen LogP contribution in [-0.4, -0.2) is 62.6 Å². The van der Waals surface area contributed by atoms with E-state index in [1.807, 2.05) is 44.2 Å². The molecule has 0 saturated carbocycles. The molecule has 11 nitrogen and oxygen atoms in total. The Labute approximate surface area is 256 Å². The Balaban J connectivity index is 2.12. The van der Waals surface area contributed by atoms with Crippen molar-refractivity contribution in [3.8, 4) is 5.75 Å². The molecule has 2 amide bonds. The van der Waals surface area contributed by atoms with Crippen molar-refractivity contribution in [1.29, 1.82) is 0 Å². The Morgan fingerprint density at radius 1 is 1.02 bits per heavy atom. The smallest absolute Gasteiger partial charge is 0.271 e. The number of ether oxygens (including phenoxy) is 1. The Morgan fingerprint density at radius 2 is 1.70 bits per heavy atom. The summed E-state index contributed by atoms with van der Waals surface area (Å²) < 4.78 is 32.1. The highest BCUT2D eigenvalue weighted by Gasteiger charge is 2.34. The van der Waals surface area contributed by atoms with Gasteiger partial charge in [0, 0.05) is 36.7 Å². The fourth-order valence-corrected chi connectivity index (χ4v) is 5.45. The van der Waals surface area contributed by atoms with Crippen molar-refractivity contribution in [2.45, 2.75) is 32.9 Å². The quantitative estimate of drug-likeness (QED) is 0.205. The third kappa shape index (κ3) is 9.42. The van der Waals surface area contributed by atoms with Crippen LogP contribution in [-0.2, 0) is 32.6 Å². The number of carbonyl (C=O) groups is 2. The fourth-order valence-electron chi connectivity index (χ4n) is 4.39. The zero-order valence-corrected chi connectivity index (χ0v) is 26.0. The normalized spacial score (nSPS) is 12.0. The lowest BCUT2D eigenvalue weighted by Gasteiger charge is -2.34. The maximum Gasteiger partial charge on any atom is 0.271 e. The van der Waals surface area contributed by atoms with E-state index in [1.165, 1.54) is 24.1 Å². The summed E-state index contributed by atoms with van der Waals surface area (Å²) >= 11 is 6.22. The summed E-state index contributed by atoms with van der Waals surface area (Å²) in [4.78, 5) is 40.0. The molecule has 1 atom stereocenters. The first-order chi connectivity index (χ1) is 20.3. The van der Waals surface area contributed by atoms with Crippen LogP contribution in [0.2, 0.25) is 5.02 Å². The second kappa shape index (κ2) is 14.8. The Kier molecular flexibility index (Phi) is 11.5. The fraction of sp³-hybridized carbons (Fsp3) is 0.333. The number of rotatable bonds is 14. The molecule has 0 spiro atoms. The SMILES string of the molecule is COc1ccc([N+](=O)[O-])cc1N(CC(=O)N(Cc1cccc(Cl)c1)[C@@H](Cc1ccccc1)C(=O)NCC(C)C)S(C)(=O)=O. The maximum atomic E-state index is 14.2. The van der Waals surface area contributed by atoms with Crippen molar-refractivity contribution in [2.75, 3.05) is 30.8 Å². The number of sulfonamides is 1. The number of nitro benzene ring substituents is 1. The summed E-state index contributed by atoms with van der Waals surface area (Å²) in [6, 6.07) is 18.4. The van der Waals surface area contributed by atoms with Gasteiger partial charge < -0.3 is 15.0 Å². The van der Waals surface area contributed by atoms with E-state index in [2.05, 4.69) is 5.32 Å². The van der Waals surface area contributed by atoms with Gasteiger partial charge >= 0.3 is 0 Å². The molecule has 0 aliphatic rings. The molecule has 0 fully saturated rings. The highest BCUT2D eigenvalue weighted by molar-refractivity contribution is 7.92. The number of benzene rings is 3. The standard InChI is InChI=1S/C30H35ClN4O7S/c1-21(2)18-32-30(37)27(16-22-9-6-5-7-10-22)33(19-23-11-8-12-24(31)15-23)29(36)20-34(43(4,40)41)26-17-25(35(38)39)13-14-28(26)42-3/h5-15,17,21,27H,16,18-20H2,1-4H3,(H,32,37)/t27-/m0/s1. The zero-order chi connectivity index (χ0) is 31.7. The molecule has 0 aliphatic carbocycles. The van der Waals surface area contributed by atoms with Crippen LogP contribution in [0.5, 0.6) is 5.75 Å². The molecule has 0 aliphatic heterocycles. The molecule has 3 aromatic rings. The maximum absolute atomic E-state index is 14.2. The molecule has 43 heavy (non-hydrogen) atoms. The predicted octanol–water partition coefficient (Wildman–Crippen LogP) is 4.44. The van der Waals surface area contributed by atoms with Gasteiger partial charge in [-0.2, -0.15) is 0 Å². The average molecular weight is 631 g/mol. The second-order valence-corrected chi connectivity index (χ2v) is 12.7. The summed E-state index contributed by atoms with van der Waals surface area (Å²) in [5.41, 5.74) is 0.840. The van der Waals surface area contributed by atoms with Crippen LogP contribution in [0, 0.1) is 16.0 Å². The van der Waals surface area contributed by atoms with Crippen LogP contribution in [0.25, 0.3) is 0 Å². The van der Waals surface area contributed by atoms with Gasteiger partial charge in [0.2, 0.25) is 21.8 Å². The van der Waals surface area contributed by atoms with Crippen LogP contribution >= 0.6 is 11.6 Å². The minimum atomic E-state index is -4.17. The lowest BCUT2D eigenvalue weighted by Crippen LogP contribution is -2.53. The molecule has 0 heterocycles. The number of carbonyl (C=O) groups excluding carboxylic acids is 2. The first-order valence-corrected chi connectivity index (χ1v) is 15.7.